The Morgan fingerprint density at radius 2 is 1.66 bits per heavy atom. The van der Waals surface area contributed by atoms with Crippen molar-refractivity contribution in [3.8, 4) is 5.75 Å². The fourth-order valence-electron chi connectivity index (χ4n) is 3.64. The van der Waals surface area contributed by atoms with Crippen LogP contribution in [0.5, 0.6) is 5.75 Å². The molecule has 146 valence electrons. The number of benzene rings is 2. The summed E-state index contributed by atoms with van der Waals surface area (Å²) < 4.78 is 5.47. The molecule has 1 aromatic heterocycles. The van der Waals surface area contributed by atoms with Crippen LogP contribution in [-0.4, -0.2) is 23.4 Å². The highest BCUT2D eigenvalue weighted by Gasteiger charge is 2.35. The maximum absolute atomic E-state index is 13.4. The van der Waals surface area contributed by atoms with Crippen LogP contribution < -0.4 is 9.64 Å². The molecule has 0 saturated carbocycles. The number of anilines is 1. The fraction of sp³-hybridized carbons (Fsp3) is 0.167. The molecule has 2 aromatic carbocycles. The standard InChI is InChI=1S/C24H22N2O3/c1-4-29-19-11-9-18(10-12-19)26-23(27)21-8-6-5-7-20(21)22(24(26)28)14-17-13-15(2)25-16(17)3/h5-14,25H,4H2,1-3H3/b22-14-. The van der Waals surface area contributed by atoms with E-state index in [1.165, 1.54) is 4.90 Å². The van der Waals surface area contributed by atoms with Crippen LogP contribution in [0, 0.1) is 13.8 Å². The third kappa shape index (κ3) is 3.36. The minimum Gasteiger partial charge on any atom is -0.494 e. The van der Waals surface area contributed by atoms with Gasteiger partial charge in [-0.05, 0) is 74.4 Å². The van der Waals surface area contributed by atoms with Gasteiger partial charge >= 0.3 is 0 Å². The molecule has 5 heteroatoms. The van der Waals surface area contributed by atoms with Crippen molar-refractivity contribution >= 4 is 29.2 Å². The number of imide groups is 1. The first kappa shape index (κ1) is 18.7. The predicted molar refractivity (Wildman–Crippen MR) is 114 cm³/mol. The molecule has 1 aliphatic rings. The van der Waals surface area contributed by atoms with Crippen molar-refractivity contribution in [3.05, 3.63) is 82.7 Å². The highest BCUT2D eigenvalue weighted by Crippen LogP contribution is 2.34. The number of carbonyl (C=O) groups is 2. The minimum atomic E-state index is -0.337. The van der Waals surface area contributed by atoms with Gasteiger partial charge in [0.15, 0.2) is 0 Å². The van der Waals surface area contributed by atoms with E-state index in [4.69, 9.17) is 4.74 Å². The second-order valence-electron chi connectivity index (χ2n) is 7.01. The molecule has 5 nitrogen and oxygen atoms in total. The lowest BCUT2D eigenvalue weighted by Gasteiger charge is -2.28. The summed E-state index contributed by atoms with van der Waals surface area (Å²) in [7, 11) is 0. The van der Waals surface area contributed by atoms with Crippen molar-refractivity contribution in [1.29, 1.82) is 0 Å². The summed E-state index contributed by atoms with van der Waals surface area (Å²) in [6, 6.07) is 16.2. The highest BCUT2D eigenvalue weighted by molar-refractivity contribution is 6.43. The Morgan fingerprint density at radius 3 is 2.28 bits per heavy atom. The van der Waals surface area contributed by atoms with E-state index in [0.717, 1.165) is 17.0 Å². The third-order valence-electron chi connectivity index (χ3n) is 4.98. The van der Waals surface area contributed by atoms with Gasteiger partial charge in [-0.2, -0.15) is 0 Å². The number of hydrogen-bond donors (Lipinski definition) is 1. The molecule has 1 aliphatic heterocycles. The molecular weight excluding hydrogens is 364 g/mol. The molecule has 0 unspecified atom stereocenters. The largest absolute Gasteiger partial charge is 0.494 e. The number of carbonyl (C=O) groups excluding carboxylic acids is 2. The van der Waals surface area contributed by atoms with Gasteiger partial charge in [-0.1, -0.05) is 18.2 Å². The van der Waals surface area contributed by atoms with Crippen molar-refractivity contribution in [2.24, 2.45) is 0 Å². The normalized spacial score (nSPS) is 15.0. The molecule has 0 bridgehead atoms. The Balaban J connectivity index is 1.84. The zero-order valence-electron chi connectivity index (χ0n) is 16.7. The Bertz CT molecular complexity index is 1120. The Morgan fingerprint density at radius 1 is 0.966 bits per heavy atom. The summed E-state index contributed by atoms with van der Waals surface area (Å²) in [5.74, 6) is 0.0349. The van der Waals surface area contributed by atoms with Gasteiger partial charge in [-0.3, -0.25) is 9.59 Å². The summed E-state index contributed by atoms with van der Waals surface area (Å²) >= 11 is 0. The van der Waals surface area contributed by atoms with Gasteiger partial charge in [0.2, 0.25) is 0 Å². The monoisotopic (exact) mass is 386 g/mol. The predicted octanol–water partition coefficient (Wildman–Crippen LogP) is 4.76. The second kappa shape index (κ2) is 7.43. The van der Waals surface area contributed by atoms with E-state index in [0.29, 0.717) is 34.7 Å². The molecule has 0 saturated heterocycles. The Labute approximate surface area is 169 Å². The van der Waals surface area contributed by atoms with E-state index >= 15 is 0 Å². The SMILES string of the molecule is CCOc1ccc(N2C(=O)/C(=C\c3cc(C)[nH]c3C)c3ccccc3C2=O)cc1. The van der Waals surface area contributed by atoms with Crippen LogP contribution in [-0.2, 0) is 4.79 Å². The number of aryl methyl sites for hydroxylation is 2. The lowest BCUT2D eigenvalue weighted by atomic mass is 9.91. The number of aromatic nitrogens is 1. The van der Waals surface area contributed by atoms with E-state index in [9.17, 15) is 9.59 Å². The maximum atomic E-state index is 13.4. The number of amides is 2. The summed E-state index contributed by atoms with van der Waals surface area (Å²) in [5.41, 5.74) is 5.11. The number of rotatable bonds is 4. The Kier molecular flexibility index (Phi) is 4.80. The van der Waals surface area contributed by atoms with Crippen LogP contribution in [0.15, 0.2) is 54.6 Å². The molecule has 0 atom stereocenters. The molecule has 0 radical (unpaired) electrons. The zero-order chi connectivity index (χ0) is 20.5. The number of aromatic amines is 1. The topological polar surface area (TPSA) is 62.4 Å². The van der Waals surface area contributed by atoms with Gasteiger partial charge in [0.1, 0.15) is 5.75 Å². The lowest BCUT2D eigenvalue weighted by Crippen LogP contribution is -2.41. The van der Waals surface area contributed by atoms with Gasteiger partial charge < -0.3 is 9.72 Å². The van der Waals surface area contributed by atoms with Crippen molar-refractivity contribution in [2.75, 3.05) is 11.5 Å². The highest BCUT2D eigenvalue weighted by atomic mass is 16.5. The van der Waals surface area contributed by atoms with Gasteiger partial charge in [0.25, 0.3) is 11.8 Å². The molecular formula is C24H22N2O3. The van der Waals surface area contributed by atoms with Crippen molar-refractivity contribution in [1.82, 2.24) is 4.98 Å². The first-order chi connectivity index (χ1) is 14.0. The van der Waals surface area contributed by atoms with E-state index in [-0.39, 0.29) is 11.8 Å². The smallest absolute Gasteiger partial charge is 0.265 e. The zero-order valence-corrected chi connectivity index (χ0v) is 16.7. The number of nitrogens with zero attached hydrogens (tertiary/aromatic N) is 1. The van der Waals surface area contributed by atoms with Crippen LogP contribution in [0.4, 0.5) is 5.69 Å². The molecule has 1 N–H and O–H groups in total. The van der Waals surface area contributed by atoms with E-state index in [2.05, 4.69) is 4.98 Å². The molecule has 29 heavy (non-hydrogen) atoms. The number of nitrogens with one attached hydrogen (secondary N) is 1. The van der Waals surface area contributed by atoms with Crippen molar-refractivity contribution in [3.63, 3.8) is 0 Å². The molecule has 0 fully saturated rings. The number of hydrogen-bond acceptors (Lipinski definition) is 3. The van der Waals surface area contributed by atoms with Gasteiger partial charge in [-0.15, -0.1) is 0 Å². The van der Waals surface area contributed by atoms with Crippen molar-refractivity contribution < 1.29 is 14.3 Å². The van der Waals surface area contributed by atoms with Gasteiger partial charge in [0, 0.05) is 22.5 Å². The lowest BCUT2D eigenvalue weighted by molar-refractivity contribution is -0.112. The number of fused-ring (bicyclic) bond motifs is 1. The number of ether oxygens (including phenoxy) is 1. The van der Waals surface area contributed by atoms with Crippen LogP contribution in [0.2, 0.25) is 0 Å². The summed E-state index contributed by atoms with van der Waals surface area (Å²) in [6.07, 6.45) is 1.86. The maximum Gasteiger partial charge on any atom is 0.265 e. The third-order valence-corrected chi connectivity index (χ3v) is 4.98. The molecule has 0 aliphatic carbocycles. The average molecular weight is 386 g/mol. The second-order valence-corrected chi connectivity index (χ2v) is 7.01. The molecule has 0 spiro atoms. The van der Waals surface area contributed by atoms with Crippen LogP contribution in [0.3, 0.4) is 0 Å². The van der Waals surface area contributed by atoms with Crippen LogP contribution in [0.1, 0.15) is 39.8 Å². The van der Waals surface area contributed by atoms with Crippen molar-refractivity contribution in [2.45, 2.75) is 20.8 Å². The minimum absolute atomic E-state index is 0.325. The van der Waals surface area contributed by atoms with Crippen LogP contribution in [0.25, 0.3) is 11.6 Å². The first-order valence-electron chi connectivity index (χ1n) is 9.58. The number of H-pyrrole nitrogens is 1. The summed E-state index contributed by atoms with van der Waals surface area (Å²) in [5, 5.41) is 0. The van der Waals surface area contributed by atoms with Gasteiger partial charge in [0.05, 0.1) is 12.3 Å². The Hall–Kier alpha value is -3.60. The molecule has 2 amide bonds. The quantitative estimate of drug-likeness (QED) is 0.519. The van der Waals surface area contributed by atoms with E-state index in [1.54, 1.807) is 30.3 Å². The molecule has 4 rings (SSSR count). The van der Waals surface area contributed by atoms with E-state index < -0.39 is 0 Å². The summed E-state index contributed by atoms with van der Waals surface area (Å²) in [6.45, 7) is 6.40. The van der Waals surface area contributed by atoms with Gasteiger partial charge in [-0.25, -0.2) is 4.90 Å². The molecule has 2 heterocycles. The fourth-order valence-corrected chi connectivity index (χ4v) is 3.64. The average Bonchev–Trinajstić information content (AvgIpc) is 3.03. The molecule has 3 aromatic rings. The summed E-state index contributed by atoms with van der Waals surface area (Å²) in [4.78, 5) is 31.1. The first-order valence-corrected chi connectivity index (χ1v) is 9.58. The van der Waals surface area contributed by atoms with E-state index in [1.807, 2.05) is 51.1 Å². The van der Waals surface area contributed by atoms with Crippen LogP contribution >= 0.6 is 0 Å².